The summed E-state index contributed by atoms with van der Waals surface area (Å²) < 4.78 is 0. The molecule has 1 heterocycles. The summed E-state index contributed by atoms with van der Waals surface area (Å²) in [6.07, 6.45) is 7.98. The number of hydrogen-bond acceptors (Lipinski definition) is 3. The van der Waals surface area contributed by atoms with Crippen LogP contribution in [0.25, 0.3) is 0 Å². The second-order valence-corrected chi connectivity index (χ2v) is 4.76. The second kappa shape index (κ2) is 5.44. The largest absolute Gasteiger partial charge is 0.480 e. The molecule has 1 amide bonds. The first kappa shape index (κ1) is 13.6. The normalized spacial score (nSPS) is 23.1. The standard InChI is InChI=1S/C13H14N2O3S/c1-2-5-10(12(17)18)15-11(16)8-6-3-4-7-9(8)14-13(15)19/h3-4,6-8,10H,2,5H2,1H3,(H,17,18). The number of hydrogen-bond donors (Lipinski definition) is 1. The fraction of sp³-hybridized carbons (Fsp3) is 0.385. The van der Waals surface area contributed by atoms with E-state index in [2.05, 4.69) is 4.99 Å². The number of carboxylic acid groups (broad SMARTS) is 1. The Morgan fingerprint density at radius 3 is 2.95 bits per heavy atom. The second-order valence-electron chi connectivity index (χ2n) is 4.39. The third-order valence-corrected chi connectivity index (χ3v) is 3.38. The molecule has 0 aromatic heterocycles. The van der Waals surface area contributed by atoms with Crippen LogP contribution in [0.4, 0.5) is 0 Å². The van der Waals surface area contributed by atoms with Gasteiger partial charge in [-0.15, -0.1) is 0 Å². The molecule has 2 aliphatic rings. The van der Waals surface area contributed by atoms with Crippen LogP contribution in [0.3, 0.4) is 0 Å². The predicted octanol–water partition coefficient (Wildman–Crippen LogP) is 1.55. The molecular formula is C13H14N2O3S. The SMILES string of the molecule is CCCC(C(=O)O)N1C(=O)C2C=CC=CC2=NC1=S. The predicted molar refractivity (Wildman–Crippen MR) is 75.0 cm³/mol. The van der Waals surface area contributed by atoms with Gasteiger partial charge in [0.25, 0.3) is 0 Å². The highest BCUT2D eigenvalue weighted by Crippen LogP contribution is 2.23. The van der Waals surface area contributed by atoms with Crippen molar-refractivity contribution in [3.05, 3.63) is 24.3 Å². The minimum absolute atomic E-state index is 0.0389. The van der Waals surface area contributed by atoms with Crippen molar-refractivity contribution in [2.75, 3.05) is 0 Å². The summed E-state index contributed by atoms with van der Waals surface area (Å²) in [5.41, 5.74) is 0.578. The van der Waals surface area contributed by atoms with Crippen LogP contribution in [0.15, 0.2) is 29.3 Å². The third-order valence-electron chi connectivity index (χ3n) is 3.09. The number of thiocarbonyl (C=S) groups is 1. The topological polar surface area (TPSA) is 70.0 Å². The molecule has 5 nitrogen and oxygen atoms in total. The Bertz CT molecular complexity index is 522. The van der Waals surface area contributed by atoms with Gasteiger partial charge in [0.05, 0.1) is 11.6 Å². The van der Waals surface area contributed by atoms with Gasteiger partial charge < -0.3 is 5.11 Å². The monoisotopic (exact) mass is 278 g/mol. The Kier molecular flexibility index (Phi) is 3.90. The summed E-state index contributed by atoms with van der Waals surface area (Å²) in [5, 5.41) is 9.29. The van der Waals surface area contributed by atoms with E-state index in [0.29, 0.717) is 18.6 Å². The summed E-state index contributed by atoms with van der Waals surface area (Å²) >= 11 is 5.08. The first-order valence-corrected chi connectivity index (χ1v) is 6.50. The zero-order valence-electron chi connectivity index (χ0n) is 10.4. The lowest BCUT2D eigenvalue weighted by atomic mass is 9.94. The maximum absolute atomic E-state index is 12.4. The number of aliphatic carboxylic acids is 1. The number of fused-ring (bicyclic) bond motifs is 1. The van der Waals surface area contributed by atoms with Gasteiger partial charge >= 0.3 is 5.97 Å². The van der Waals surface area contributed by atoms with E-state index in [1.165, 1.54) is 0 Å². The molecule has 0 radical (unpaired) electrons. The first-order valence-electron chi connectivity index (χ1n) is 6.09. The number of amides is 1. The number of nitrogens with zero attached hydrogens (tertiary/aromatic N) is 2. The fourth-order valence-electron chi connectivity index (χ4n) is 2.18. The molecule has 1 aliphatic heterocycles. The van der Waals surface area contributed by atoms with Crippen LogP contribution < -0.4 is 0 Å². The van der Waals surface area contributed by atoms with Crippen molar-refractivity contribution in [3.8, 4) is 0 Å². The minimum atomic E-state index is -1.05. The number of carbonyl (C=O) groups excluding carboxylic acids is 1. The van der Waals surface area contributed by atoms with Gasteiger partial charge in [-0.2, -0.15) is 0 Å². The highest BCUT2D eigenvalue weighted by atomic mass is 32.1. The molecule has 0 aromatic rings. The summed E-state index contributed by atoms with van der Waals surface area (Å²) in [5.74, 6) is -1.88. The van der Waals surface area contributed by atoms with E-state index in [-0.39, 0.29) is 11.0 Å². The van der Waals surface area contributed by atoms with Gasteiger partial charge in [-0.25, -0.2) is 9.79 Å². The van der Waals surface area contributed by atoms with Crippen LogP contribution in [-0.2, 0) is 9.59 Å². The van der Waals surface area contributed by atoms with E-state index in [0.717, 1.165) is 4.90 Å². The van der Waals surface area contributed by atoms with Gasteiger partial charge in [-0.05, 0) is 24.7 Å². The Hall–Kier alpha value is -1.82. The summed E-state index contributed by atoms with van der Waals surface area (Å²) in [4.78, 5) is 29.0. The van der Waals surface area contributed by atoms with Crippen molar-refractivity contribution >= 4 is 34.9 Å². The third kappa shape index (κ3) is 2.49. The van der Waals surface area contributed by atoms with Crippen molar-refractivity contribution in [1.29, 1.82) is 0 Å². The molecule has 0 bridgehead atoms. The smallest absolute Gasteiger partial charge is 0.326 e. The molecule has 2 rings (SSSR count). The summed E-state index contributed by atoms with van der Waals surface area (Å²) in [7, 11) is 0. The van der Waals surface area contributed by atoms with Crippen LogP contribution >= 0.6 is 12.2 Å². The first-order chi connectivity index (χ1) is 9.06. The molecule has 100 valence electrons. The number of carbonyl (C=O) groups is 2. The molecule has 6 heteroatoms. The molecule has 0 saturated carbocycles. The fourth-order valence-corrected chi connectivity index (χ4v) is 2.50. The van der Waals surface area contributed by atoms with E-state index in [4.69, 9.17) is 12.2 Å². The summed E-state index contributed by atoms with van der Waals surface area (Å²) in [6.45, 7) is 1.87. The van der Waals surface area contributed by atoms with Crippen molar-refractivity contribution < 1.29 is 14.7 Å². The van der Waals surface area contributed by atoms with Gasteiger partial charge in [0, 0.05) is 0 Å². The minimum Gasteiger partial charge on any atom is -0.480 e. The van der Waals surface area contributed by atoms with Crippen molar-refractivity contribution in [1.82, 2.24) is 4.90 Å². The van der Waals surface area contributed by atoms with Crippen molar-refractivity contribution in [2.24, 2.45) is 10.9 Å². The van der Waals surface area contributed by atoms with Gasteiger partial charge in [-0.1, -0.05) is 31.6 Å². The molecular weight excluding hydrogens is 264 g/mol. The molecule has 0 saturated heterocycles. The lowest BCUT2D eigenvalue weighted by molar-refractivity contribution is -0.147. The van der Waals surface area contributed by atoms with Crippen molar-refractivity contribution in [3.63, 3.8) is 0 Å². The maximum atomic E-state index is 12.4. The van der Waals surface area contributed by atoms with Gasteiger partial charge in [0.15, 0.2) is 0 Å². The number of aliphatic imine (C=N–C) groups is 1. The van der Waals surface area contributed by atoms with E-state index in [1.807, 2.05) is 6.92 Å². The van der Waals surface area contributed by atoms with E-state index < -0.39 is 17.9 Å². The molecule has 19 heavy (non-hydrogen) atoms. The molecule has 1 aliphatic carbocycles. The lowest BCUT2D eigenvalue weighted by Crippen LogP contribution is -2.53. The maximum Gasteiger partial charge on any atom is 0.326 e. The van der Waals surface area contributed by atoms with E-state index >= 15 is 0 Å². The van der Waals surface area contributed by atoms with E-state index in [9.17, 15) is 14.7 Å². The average molecular weight is 278 g/mol. The van der Waals surface area contributed by atoms with Crippen LogP contribution in [0, 0.1) is 5.92 Å². The zero-order valence-corrected chi connectivity index (χ0v) is 11.3. The quantitative estimate of drug-likeness (QED) is 0.792. The van der Waals surface area contributed by atoms with Crippen LogP contribution in [0.1, 0.15) is 19.8 Å². The van der Waals surface area contributed by atoms with Gasteiger partial charge in [0.1, 0.15) is 6.04 Å². The van der Waals surface area contributed by atoms with Gasteiger partial charge in [-0.3, -0.25) is 9.69 Å². The zero-order chi connectivity index (χ0) is 14.0. The Morgan fingerprint density at radius 1 is 1.58 bits per heavy atom. The van der Waals surface area contributed by atoms with Crippen molar-refractivity contribution in [2.45, 2.75) is 25.8 Å². The summed E-state index contributed by atoms with van der Waals surface area (Å²) in [6, 6.07) is -0.936. The Labute approximate surface area is 116 Å². The molecule has 1 N–H and O–H groups in total. The van der Waals surface area contributed by atoms with Crippen LogP contribution in [0.5, 0.6) is 0 Å². The molecule has 0 aromatic carbocycles. The Balaban J connectivity index is 2.36. The number of rotatable bonds is 4. The van der Waals surface area contributed by atoms with Crippen LogP contribution in [-0.4, -0.2) is 38.7 Å². The molecule has 0 fully saturated rings. The molecule has 0 spiro atoms. The molecule has 2 unspecified atom stereocenters. The van der Waals surface area contributed by atoms with Crippen LogP contribution in [0.2, 0.25) is 0 Å². The van der Waals surface area contributed by atoms with E-state index in [1.54, 1.807) is 24.3 Å². The lowest BCUT2D eigenvalue weighted by Gasteiger charge is -2.34. The highest BCUT2D eigenvalue weighted by Gasteiger charge is 2.40. The van der Waals surface area contributed by atoms with Gasteiger partial charge in [0.2, 0.25) is 11.0 Å². The highest BCUT2D eigenvalue weighted by molar-refractivity contribution is 7.80. The number of carboxylic acids is 1. The average Bonchev–Trinajstić information content (AvgIpc) is 2.37. The molecule has 2 atom stereocenters. The number of allylic oxidation sites excluding steroid dienone is 3. The Morgan fingerprint density at radius 2 is 2.32 bits per heavy atom.